The number of carbonyl (C=O) groups is 2. The quantitative estimate of drug-likeness (QED) is 0.438. The molecule has 0 aromatic carbocycles. The zero-order valence-electron chi connectivity index (χ0n) is 11.1. The van der Waals surface area contributed by atoms with E-state index in [1.807, 2.05) is 0 Å². The number of carboxylic acids is 2. The predicted octanol–water partition coefficient (Wildman–Crippen LogP) is 3.47. The second-order valence-corrected chi connectivity index (χ2v) is 4.53. The maximum atomic E-state index is 10.8. The molecule has 0 radical (unpaired) electrons. The van der Waals surface area contributed by atoms with Crippen molar-refractivity contribution in [3.05, 3.63) is 12.2 Å². The first-order valence-electron chi connectivity index (χ1n) is 6.69. The van der Waals surface area contributed by atoms with Gasteiger partial charge in [0.25, 0.3) is 0 Å². The first kappa shape index (κ1) is 16.7. The Labute approximate surface area is 109 Å². The molecule has 4 nitrogen and oxygen atoms in total. The molecular formula is C14H24O4. The molecule has 0 fully saturated rings. The standard InChI is InChI=1S/C14H24O4/c1-2-3-4-5-6-7-8-9-10-12(14(17)18)11-13(15)16/h9-10,12H,2-8,11H2,1H3,(H,15,16)(H,17,18)/b10-9-. The highest BCUT2D eigenvalue weighted by Gasteiger charge is 2.17. The van der Waals surface area contributed by atoms with Crippen LogP contribution in [0.1, 0.15) is 58.3 Å². The second kappa shape index (κ2) is 10.8. The molecule has 0 aliphatic carbocycles. The van der Waals surface area contributed by atoms with Gasteiger partial charge in [-0.3, -0.25) is 9.59 Å². The maximum absolute atomic E-state index is 10.8. The summed E-state index contributed by atoms with van der Waals surface area (Å²) in [6.07, 6.45) is 11.0. The summed E-state index contributed by atoms with van der Waals surface area (Å²) in [5.41, 5.74) is 0. The van der Waals surface area contributed by atoms with Gasteiger partial charge in [-0.15, -0.1) is 0 Å². The molecule has 104 valence electrons. The first-order chi connectivity index (χ1) is 8.57. The van der Waals surface area contributed by atoms with Crippen molar-refractivity contribution in [2.75, 3.05) is 0 Å². The minimum Gasteiger partial charge on any atom is -0.481 e. The summed E-state index contributed by atoms with van der Waals surface area (Å²) in [5.74, 6) is -3.05. The second-order valence-electron chi connectivity index (χ2n) is 4.53. The van der Waals surface area contributed by atoms with E-state index in [2.05, 4.69) is 6.92 Å². The minimum atomic E-state index is -1.08. The van der Waals surface area contributed by atoms with Crippen LogP contribution in [0.5, 0.6) is 0 Å². The lowest BCUT2D eigenvalue weighted by Crippen LogP contribution is -2.15. The lowest BCUT2D eigenvalue weighted by atomic mass is 10.0. The lowest BCUT2D eigenvalue weighted by Gasteiger charge is -2.03. The van der Waals surface area contributed by atoms with Crippen molar-refractivity contribution < 1.29 is 19.8 Å². The van der Waals surface area contributed by atoms with Crippen LogP contribution in [0.4, 0.5) is 0 Å². The van der Waals surface area contributed by atoms with Crippen LogP contribution < -0.4 is 0 Å². The summed E-state index contributed by atoms with van der Waals surface area (Å²) in [6.45, 7) is 2.18. The van der Waals surface area contributed by atoms with Gasteiger partial charge in [0, 0.05) is 0 Å². The van der Waals surface area contributed by atoms with E-state index in [0.717, 1.165) is 19.3 Å². The van der Waals surface area contributed by atoms with Crippen LogP contribution in [-0.2, 0) is 9.59 Å². The number of hydrogen-bond acceptors (Lipinski definition) is 2. The first-order valence-corrected chi connectivity index (χ1v) is 6.69. The summed E-state index contributed by atoms with van der Waals surface area (Å²) < 4.78 is 0. The summed E-state index contributed by atoms with van der Waals surface area (Å²) >= 11 is 0. The minimum absolute atomic E-state index is 0.345. The highest BCUT2D eigenvalue weighted by molar-refractivity contribution is 5.79. The zero-order chi connectivity index (χ0) is 13.8. The molecule has 4 heteroatoms. The Bertz CT molecular complexity index is 271. The predicted molar refractivity (Wildman–Crippen MR) is 70.5 cm³/mol. The van der Waals surface area contributed by atoms with Gasteiger partial charge >= 0.3 is 11.9 Å². The average Bonchev–Trinajstić information content (AvgIpc) is 2.30. The molecule has 0 aliphatic rings. The van der Waals surface area contributed by atoms with Gasteiger partial charge in [-0.05, 0) is 12.8 Å². The number of hydrogen-bond donors (Lipinski definition) is 2. The van der Waals surface area contributed by atoms with Crippen LogP contribution >= 0.6 is 0 Å². The van der Waals surface area contributed by atoms with E-state index in [-0.39, 0.29) is 6.42 Å². The van der Waals surface area contributed by atoms with Crippen molar-refractivity contribution in [2.45, 2.75) is 58.3 Å². The SMILES string of the molecule is CCCCCCCC/C=C\C(CC(=O)O)C(=O)O. The molecule has 0 heterocycles. The van der Waals surface area contributed by atoms with E-state index in [0.29, 0.717) is 0 Å². The van der Waals surface area contributed by atoms with E-state index in [9.17, 15) is 9.59 Å². The number of rotatable bonds is 11. The van der Waals surface area contributed by atoms with E-state index in [1.165, 1.54) is 31.8 Å². The van der Waals surface area contributed by atoms with Crippen molar-refractivity contribution in [2.24, 2.45) is 5.92 Å². The molecule has 0 bridgehead atoms. The lowest BCUT2D eigenvalue weighted by molar-refractivity contribution is -0.146. The fraction of sp³-hybridized carbons (Fsp3) is 0.714. The third kappa shape index (κ3) is 9.87. The third-order valence-corrected chi connectivity index (χ3v) is 2.80. The molecule has 1 unspecified atom stereocenters. The largest absolute Gasteiger partial charge is 0.481 e. The van der Waals surface area contributed by atoms with Gasteiger partial charge in [0.1, 0.15) is 0 Å². The highest BCUT2D eigenvalue weighted by atomic mass is 16.4. The molecule has 2 N–H and O–H groups in total. The smallest absolute Gasteiger partial charge is 0.310 e. The topological polar surface area (TPSA) is 74.6 Å². The monoisotopic (exact) mass is 256 g/mol. The molecule has 18 heavy (non-hydrogen) atoms. The maximum Gasteiger partial charge on any atom is 0.310 e. The van der Waals surface area contributed by atoms with Gasteiger partial charge in [0.2, 0.25) is 0 Å². The van der Waals surface area contributed by atoms with Gasteiger partial charge in [0.05, 0.1) is 12.3 Å². The van der Waals surface area contributed by atoms with Gasteiger partial charge in [0.15, 0.2) is 0 Å². The van der Waals surface area contributed by atoms with Crippen molar-refractivity contribution in [3.8, 4) is 0 Å². The van der Waals surface area contributed by atoms with Gasteiger partial charge < -0.3 is 10.2 Å². The summed E-state index contributed by atoms with van der Waals surface area (Å²) in [5, 5.41) is 17.4. The Morgan fingerprint density at radius 3 is 2.22 bits per heavy atom. The van der Waals surface area contributed by atoms with Crippen LogP contribution in [0.25, 0.3) is 0 Å². The Kier molecular flexibility index (Phi) is 10.0. The number of aliphatic carboxylic acids is 2. The van der Waals surface area contributed by atoms with Gasteiger partial charge in [-0.25, -0.2) is 0 Å². The van der Waals surface area contributed by atoms with Crippen molar-refractivity contribution in [3.63, 3.8) is 0 Å². The van der Waals surface area contributed by atoms with Crippen LogP contribution in [0, 0.1) is 5.92 Å². The molecule has 0 saturated carbocycles. The van der Waals surface area contributed by atoms with E-state index >= 15 is 0 Å². The molecule has 0 amide bonds. The number of allylic oxidation sites excluding steroid dienone is 1. The summed E-state index contributed by atoms with van der Waals surface area (Å²) in [6, 6.07) is 0. The fourth-order valence-corrected chi connectivity index (χ4v) is 1.73. The Morgan fingerprint density at radius 1 is 1.06 bits per heavy atom. The van der Waals surface area contributed by atoms with E-state index in [4.69, 9.17) is 10.2 Å². The molecule has 0 spiro atoms. The Balaban J connectivity index is 3.70. The zero-order valence-corrected chi connectivity index (χ0v) is 11.1. The Hall–Kier alpha value is -1.32. The van der Waals surface area contributed by atoms with Crippen molar-refractivity contribution in [1.29, 1.82) is 0 Å². The molecular weight excluding hydrogens is 232 g/mol. The van der Waals surface area contributed by atoms with Crippen LogP contribution in [-0.4, -0.2) is 22.2 Å². The molecule has 0 aromatic heterocycles. The summed E-state index contributed by atoms with van der Waals surface area (Å²) in [7, 11) is 0. The van der Waals surface area contributed by atoms with E-state index < -0.39 is 17.9 Å². The highest BCUT2D eigenvalue weighted by Crippen LogP contribution is 2.10. The van der Waals surface area contributed by atoms with Crippen molar-refractivity contribution >= 4 is 11.9 Å². The number of carboxylic acid groups (broad SMARTS) is 2. The average molecular weight is 256 g/mol. The van der Waals surface area contributed by atoms with Gasteiger partial charge in [-0.1, -0.05) is 51.2 Å². The van der Waals surface area contributed by atoms with Crippen LogP contribution in [0.2, 0.25) is 0 Å². The Morgan fingerprint density at radius 2 is 1.67 bits per heavy atom. The molecule has 0 saturated heterocycles. The molecule has 0 aliphatic heterocycles. The van der Waals surface area contributed by atoms with Crippen molar-refractivity contribution in [1.82, 2.24) is 0 Å². The normalized spacial score (nSPS) is 12.7. The molecule has 0 rings (SSSR count). The van der Waals surface area contributed by atoms with E-state index in [1.54, 1.807) is 6.08 Å². The fourth-order valence-electron chi connectivity index (χ4n) is 1.73. The van der Waals surface area contributed by atoms with Crippen LogP contribution in [0.3, 0.4) is 0 Å². The third-order valence-electron chi connectivity index (χ3n) is 2.80. The molecule has 1 atom stereocenters. The van der Waals surface area contributed by atoms with Crippen LogP contribution in [0.15, 0.2) is 12.2 Å². The van der Waals surface area contributed by atoms with Gasteiger partial charge in [-0.2, -0.15) is 0 Å². The molecule has 0 aromatic rings. The number of unbranched alkanes of at least 4 members (excludes halogenated alkanes) is 6. The summed E-state index contributed by atoms with van der Waals surface area (Å²) in [4.78, 5) is 21.2.